The molecule has 178 valence electrons. The highest BCUT2D eigenvalue weighted by Crippen LogP contribution is 2.44. The van der Waals surface area contributed by atoms with Gasteiger partial charge in [0.25, 0.3) is 0 Å². The van der Waals surface area contributed by atoms with Gasteiger partial charge < -0.3 is 23.6 Å². The van der Waals surface area contributed by atoms with Crippen LogP contribution in [0.25, 0.3) is 0 Å². The third-order valence-corrected chi connectivity index (χ3v) is 7.57. The Morgan fingerprint density at radius 3 is 2.35 bits per heavy atom. The monoisotopic (exact) mass is 478 g/mol. The molecule has 1 N–H and O–H groups in total. The number of ketones is 1. The van der Waals surface area contributed by atoms with Crippen LogP contribution in [0.15, 0.2) is 0 Å². The van der Waals surface area contributed by atoms with E-state index in [-0.39, 0.29) is 36.8 Å². The molecule has 31 heavy (non-hydrogen) atoms. The summed E-state index contributed by atoms with van der Waals surface area (Å²) < 4.78 is 22.1. The van der Waals surface area contributed by atoms with Gasteiger partial charge in [-0.25, -0.2) is 4.79 Å². The maximum absolute atomic E-state index is 13.4. The molecule has 0 spiro atoms. The molecule has 0 aromatic carbocycles. The van der Waals surface area contributed by atoms with Crippen LogP contribution < -0.4 is 0 Å². The lowest BCUT2D eigenvalue weighted by molar-refractivity contribution is -0.167. The summed E-state index contributed by atoms with van der Waals surface area (Å²) in [6.45, 7) is 9.28. The summed E-state index contributed by atoms with van der Waals surface area (Å²) in [4.78, 5) is 37.6. The number of hydrogen-bond donors (Lipinski definition) is 1. The van der Waals surface area contributed by atoms with E-state index in [1.807, 2.05) is 13.8 Å². The number of cyclic esters (lactones) is 1. The van der Waals surface area contributed by atoms with Crippen molar-refractivity contribution in [3.8, 4) is 0 Å². The Morgan fingerprint density at radius 2 is 1.81 bits per heavy atom. The lowest BCUT2D eigenvalue weighted by atomic mass is 9.73. The van der Waals surface area contributed by atoms with Crippen LogP contribution in [-0.4, -0.2) is 52.8 Å². The minimum atomic E-state index is -1.30. The molecule has 2 fully saturated rings. The lowest BCUT2D eigenvalue weighted by Crippen LogP contribution is -2.46. The van der Waals surface area contributed by atoms with Crippen molar-refractivity contribution in [2.45, 2.75) is 96.7 Å². The summed E-state index contributed by atoms with van der Waals surface area (Å²) in [5.74, 6) is -2.34. The van der Waals surface area contributed by atoms with Crippen molar-refractivity contribution < 1.29 is 38.0 Å². The van der Waals surface area contributed by atoms with Crippen molar-refractivity contribution in [3.63, 3.8) is 0 Å². The van der Waals surface area contributed by atoms with Crippen LogP contribution in [0.1, 0.15) is 66.7 Å². The van der Waals surface area contributed by atoms with Gasteiger partial charge in [0, 0.05) is 31.3 Å². The topological polar surface area (TPSA) is 112 Å². The molecule has 2 aliphatic heterocycles. The Morgan fingerprint density at radius 1 is 1.16 bits per heavy atom. The SMILES string of the molecule is CC1CCCC2(C)OC2CC(C(=O)O)OC(=O)CC(OP)C(C)(C)C(=O)C(C)C1OP. The molecule has 8 nitrogen and oxygen atoms in total. The number of carboxylic acids is 1. The van der Waals surface area contributed by atoms with E-state index in [0.29, 0.717) is 0 Å². The van der Waals surface area contributed by atoms with Gasteiger partial charge in [0.2, 0.25) is 6.10 Å². The first-order valence-corrected chi connectivity index (χ1v) is 11.7. The van der Waals surface area contributed by atoms with E-state index in [1.165, 1.54) is 0 Å². The minimum Gasteiger partial charge on any atom is -0.479 e. The van der Waals surface area contributed by atoms with Crippen LogP contribution in [0.2, 0.25) is 0 Å². The van der Waals surface area contributed by atoms with Crippen molar-refractivity contribution in [1.82, 2.24) is 0 Å². The molecule has 0 aromatic rings. The normalized spacial score (nSPS) is 40.0. The zero-order chi connectivity index (χ0) is 23.6. The predicted molar refractivity (Wildman–Crippen MR) is 120 cm³/mol. The fourth-order valence-corrected chi connectivity index (χ4v) is 5.55. The fraction of sp³-hybridized carbons (Fsp3) is 0.857. The van der Waals surface area contributed by atoms with Crippen molar-refractivity contribution in [2.75, 3.05) is 0 Å². The van der Waals surface area contributed by atoms with Gasteiger partial charge in [0.1, 0.15) is 5.78 Å². The van der Waals surface area contributed by atoms with Crippen LogP contribution >= 0.6 is 18.9 Å². The summed E-state index contributed by atoms with van der Waals surface area (Å²) in [6.07, 6.45) is -0.399. The van der Waals surface area contributed by atoms with E-state index < -0.39 is 41.1 Å². The smallest absolute Gasteiger partial charge is 0.345 e. The predicted octanol–water partition coefficient (Wildman–Crippen LogP) is 3.32. The largest absolute Gasteiger partial charge is 0.479 e. The number of carbonyl (C=O) groups excluding carboxylic acids is 2. The Labute approximate surface area is 189 Å². The Bertz CT molecular complexity index is 684. The summed E-state index contributed by atoms with van der Waals surface area (Å²) >= 11 is 0. The minimum absolute atomic E-state index is 0.0912. The molecule has 0 bridgehead atoms. The van der Waals surface area contributed by atoms with Gasteiger partial charge in [0.05, 0.1) is 35.7 Å². The first kappa shape index (κ1) is 26.6. The van der Waals surface area contributed by atoms with Crippen LogP contribution in [0.4, 0.5) is 0 Å². The molecule has 0 saturated carbocycles. The molecule has 2 saturated heterocycles. The molecule has 0 radical (unpaired) electrons. The molecular formula is C21H36O8P2. The van der Waals surface area contributed by atoms with Gasteiger partial charge in [0.15, 0.2) is 0 Å². The highest BCUT2D eigenvalue weighted by Gasteiger charge is 2.53. The number of Topliss-reactive ketones (excluding diaryl/α,β-unsaturated/α-hetero) is 1. The Hall–Kier alpha value is -0.650. The van der Waals surface area contributed by atoms with E-state index in [9.17, 15) is 19.5 Å². The summed E-state index contributed by atoms with van der Waals surface area (Å²) in [7, 11) is 4.37. The zero-order valence-electron chi connectivity index (χ0n) is 19.0. The zero-order valence-corrected chi connectivity index (χ0v) is 21.3. The molecule has 2 heterocycles. The number of hydrogen-bond acceptors (Lipinski definition) is 7. The number of rotatable bonds is 3. The maximum Gasteiger partial charge on any atom is 0.345 e. The first-order valence-electron chi connectivity index (χ1n) is 10.7. The van der Waals surface area contributed by atoms with Crippen LogP contribution in [-0.2, 0) is 32.9 Å². The van der Waals surface area contributed by atoms with Crippen LogP contribution in [0, 0.1) is 17.3 Å². The molecule has 2 aliphatic rings. The van der Waals surface area contributed by atoms with E-state index in [1.54, 1.807) is 13.8 Å². The van der Waals surface area contributed by atoms with E-state index >= 15 is 0 Å². The van der Waals surface area contributed by atoms with Crippen LogP contribution in [0.3, 0.4) is 0 Å². The number of carboxylic acid groups (broad SMARTS) is 1. The summed E-state index contributed by atoms with van der Waals surface area (Å²) in [5.41, 5.74) is -1.45. The molecule has 9 unspecified atom stereocenters. The standard InChI is InChI=1S/C21H36O8P2/c1-11-7-6-8-21(5)15(27-21)9-13(19(24)25)26-16(22)10-14(28-30)20(3,4)18(23)12(2)17(11)29-31/h11-15,17H,6-10,30-31H2,1-5H3,(H,24,25). The fourth-order valence-electron chi connectivity index (χ4n) is 4.61. The highest BCUT2D eigenvalue weighted by molar-refractivity contribution is 7.10. The second-order valence-electron chi connectivity index (χ2n) is 9.65. The van der Waals surface area contributed by atoms with Crippen molar-refractivity contribution in [2.24, 2.45) is 17.3 Å². The molecule has 2 rings (SSSR count). The molecule has 0 amide bonds. The molecule has 0 aromatic heterocycles. The second-order valence-corrected chi connectivity index (χ2v) is 10.2. The molecular weight excluding hydrogens is 442 g/mol. The van der Waals surface area contributed by atoms with E-state index in [2.05, 4.69) is 25.9 Å². The van der Waals surface area contributed by atoms with Gasteiger partial charge in [-0.1, -0.05) is 34.1 Å². The second kappa shape index (κ2) is 10.5. The third-order valence-electron chi connectivity index (χ3n) is 6.93. The number of aliphatic carboxylic acids is 1. The Kier molecular flexibility index (Phi) is 9.03. The van der Waals surface area contributed by atoms with Gasteiger partial charge in [-0.3, -0.25) is 9.59 Å². The van der Waals surface area contributed by atoms with Gasteiger partial charge in [-0.15, -0.1) is 0 Å². The average molecular weight is 478 g/mol. The third kappa shape index (κ3) is 6.23. The number of fused-ring (bicyclic) bond motifs is 1. The van der Waals surface area contributed by atoms with Crippen molar-refractivity contribution in [3.05, 3.63) is 0 Å². The van der Waals surface area contributed by atoms with Gasteiger partial charge in [-0.05, 0) is 25.7 Å². The number of carbonyl (C=O) groups is 3. The van der Waals surface area contributed by atoms with Crippen LogP contribution in [0.5, 0.6) is 0 Å². The van der Waals surface area contributed by atoms with Crippen molar-refractivity contribution >= 4 is 36.7 Å². The molecule has 9 atom stereocenters. The Balaban J connectivity index is 2.31. The summed E-state index contributed by atoms with van der Waals surface area (Å²) in [6, 6.07) is 0. The highest BCUT2D eigenvalue weighted by atomic mass is 31.0. The summed E-state index contributed by atoms with van der Waals surface area (Å²) in [5, 5.41) is 9.52. The maximum atomic E-state index is 13.4. The number of epoxide rings is 1. The average Bonchev–Trinajstić information content (AvgIpc) is 3.33. The van der Waals surface area contributed by atoms with Crippen molar-refractivity contribution in [1.29, 1.82) is 0 Å². The van der Waals surface area contributed by atoms with Gasteiger partial charge >= 0.3 is 11.9 Å². The quantitative estimate of drug-likeness (QED) is 0.374. The number of esters is 1. The first-order chi connectivity index (χ1) is 14.4. The number of ether oxygens (including phenoxy) is 2. The van der Waals surface area contributed by atoms with E-state index in [0.717, 1.165) is 19.3 Å². The molecule has 10 heteroatoms. The van der Waals surface area contributed by atoms with Gasteiger partial charge in [-0.2, -0.15) is 0 Å². The van der Waals surface area contributed by atoms with E-state index in [4.69, 9.17) is 18.5 Å². The molecule has 0 aliphatic carbocycles. The lowest BCUT2D eigenvalue weighted by Gasteiger charge is -2.37.